The average Bonchev–Trinajstić information content (AvgIpc) is 2.40. The zero-order valence-corrected chi connectivity index (χ0v) is 12.6. The maximum atomic E-state index is 3.64. The molecule has 0 amide bonds. The summed E-state index contributed by atoms with van der Waals surface area (Å²) in [7, 11) is 0. The Labute approximate surface area is 118 Å². The van der Waals surface area contributed by atoms with Crippen LogP contribution in [0.2, 0.25) is 0 Å². The first kappa shape index (κ1) is 14.4. The number of hydrogen-bond donors (Lipinski definition) is 2. The molecule has 2 N–H and O–H groups in total. The quantitative estimate of drug-likeness (QED) is 0.831. The van der Waals surface area contributed by atoms with Gasteiger partial charge in [0.1, 0.15) is 0 Å². The highest BCUT2D eigenvalue weighted by Gasteiger charge is 2.15. The van der Waals surface area contributed by atoms with Crippen molar-refractivity contribution < 1.29 is 0 Å². The van der Waals surface area contributed by atoms with E-state index in [1.54, 1.807) is 0 Å². The van der Waals surface area contributed by atoms with Gasteiger partial charge in [0.25, 0.3) is 0 Å². The molecule has 0 radical (unpaired) electrons. The second kappa shape index (κ2) is 6.95. The van der Waals surface area contributed by atoms with Crippen LogP contribution in [0.4, 0.5) is 5.69 Å². The molecule has 1 aliphatic heterocycles. The van der Waals surface area contributed by atoms with E-state index in [-0.39, 0.29) is 0 Å². The molecule has 0 bridgehead atoms. The molecule has 1 heterocycles. The topological polar surface area (TPSA) is 24.1 Å². The molecule has 1 aromatic rings. The highest BCUT2D eigenvalue weighted by Crippen LogP contribution is 2.20. The minimum atomic E-state index is 0.526. The van der Waals surface area contributed by atoms with Crippen molar-refractivity contribution in [1.29, 1.82) is 0 Å². The van der Waals surface area contributed by atoms with Gasteiger partial charge in [-0.25, -0.2) is 0 Å². The largest absolute Gasteiger partial charge is 0.383 e. The predicted molar refractivity (Wildman–Crippen MR) is 83.9 cm³/mol. The molecule has 19 heavy (non-hydrogen) atoms. The lowest BCUT2D eigenvalue weighted by Gasteiger charge is -2.27. The van der Waals surface area contributed by atoms with Crippen molar-refractivity contribution in [2.45, 2.75) is 64.5 Å². The SMILES string of the molecule is CC(CC1CCCCN1)Nc1cccc(C(C)C)c1. The van der Waals surface area contributed by atoms with Crippen LogP contribution in [0.5, 0.6) is 0 Å². The fourth-order valence-corrected chi connectivity index (χ4v) is 2.88. The van der Waals surface area contributed by atoms with Crippen molar-refractivity contribution in [2.75, 3.05) is 11.9 Å². The summed E-state index contributed by atoms with van der Waals surface area (Å²) in [4.78, 5) is 0. The number of benzene rings is 1. The molecule has 2 unspecified atom stereocenters. The molecule has 2 heteroatoms. The zero-order chi connectivity index (χ0) is 13.7. The zero-order valence-electron chi connectivity index (χ0n) is 12.6. The van der Waals surface area contributed by atoms with E-state index in [0.717, 1.165) is 0 Å². The van der Waals surface area contributed by atoms with Crippen LogP contribution in [0.15, 0.2) is 24.3 Å². The number of anilines is 1. The molecule has 1 aromatic carbocycles. The summed E-state index contributed by atoms with van der Waals surface area (Å²) >= 11 is 0. The van der Waals surface area contributed by atoms with E-state index in [2.05, 4.69) is 55.7 Å². The third-order valence-electron chi connectivity index (χ3n) is 4.02. The van der Waals surface area contributed by atoms with Gasteiger partial charge in [-0.05, 0) is 56.3 Å². The lowest BCUT2D eigenvalue weighted by molar-refractivity contribution is 0.371. The normalized spacial score (nSPS) is 21.4. The fraction of sp³-hybridized carbons (Fsp3) is 0.647. The highest BCUT2D eigenvalue weighted by atomic mass is 15.0. The van der Waals surface area contributed by atoms with E-state index in [9.17, 15) is 0 Å². The molecule has 2 rings (SSSR count). The Hall–Kier alpha value is -1.02. The van der Waals surface area contributed by atoms with E-state index in [1.165, 1.54) is 43.5 Å². The lowest BCUT2D eigenvalue weighted by Crippen LogP contribution is -2.37. The minimum absolute atomic E-state index is 0.526. The van der Waals surface area contributed by atoms with Gasteiger partial charge in [0.05, 0.1) is 0 Å². The third-order valence-corrected chi connectivity index (χ3v) is 4.02. The van der Waals surface area contributed by atoms with E-state index < -0.39 is 0 Å². The molecule has 1 saturated heterocycles. The molecule has 1 fully saturated rings. The molecule has 2 nitrogen and oxygen atoms in total. The van der Waals surface area contributed by atoms with Gasteiger partial charge < -0.3 is 10.6 Å². The summed E-state index contributed by atoms with van der Waals surface area (Å²) < 4.78 is 0. The van der Waals surface area contributed by atoms with Crippen molar-refractivity contribution in [1.82, 2.24) is 5.32 Å². The Balaban J connectivity index is 1.87. The van der Waals surface area contributed by atoms with Gasteiger partial charge in [-0.1, -0.05) is 32.4 Å². The van der Waals surface area contributed by atoms with Gasteiger partial charge in [-0.3, -0.25) is 0 Å². The van der Waals surface area contributed by atoms with Crippen molar-refractivity contribution in [3.05, 3.63) is 29.8 Å². The first-order chi connectivity index (χ1) is 9.15. The molecule has 0 spiro atoms. The van der Waals surface area contributed by atoms with Crippen LogP contribution < -0.4 is 10.6 Å². The first-order valence-corrected chi connectivity index (χ1v) is 7.75. The van der Waals surface area contributed by atoms with Crippen LogP contribution in [0.25, 0.3) is 0 Å². The molecular formula is C17H28N2. The summed E-state index contributed by atoms with van der Waals surface area (Å²) in [6.07, 6.45) is 5.27. The molecule has 106 valence electrons. The number of piperidine rings is 1. The van der Waals surface area contributed by atoms with Crippen LogP contribution in [0.3, 0.4) is 0 Å². The van der Waals surface area contributed by atoms with Gasteiger partial charge >= 0.3 is 0 Å². The Bertz CT molecular complexity index is 381. The summed E-state index contributed by atoms with van der Waals surface area (Å²) in [5.74, 6) is 0.595. The van der Waals surface area contributed by atoms with Gasteiger partial charge in [-0.2, -0.15) is 0 Å². The Morgan fingerprint density at radius 3 is 2.79 bits per heavy atom. The number of nitrogens with one attached hydrogen (secondary N) is 2. The summed E-state index contributed by atoms with van der Waals surface area (Å²) in [5.41, 5.74) is 2.67. The number of rotatable bonds is 5. The standard InChI is InChI=1S/C17H28N2/c1-13(2)15-7-6-9-17(12-15)19-14(3)11-16-8-4-5-10-18-16/h6-7,9,12-14,16,18-19H,4-5,8,10-11H2,1-3H3. The predicted octanol–water partition coefficient (Wildman–Crippen LogP) is 4.14. The van der Waals surface area contributed by atoms with E-state index in [4.69, 9.17) is 0 Å². The van der Waals surface area contributed by atoms with Gasteiger partial charge in [-0.15, -0.1) is 0 Å². The van der Waals surface area contributed by atoms with E-state index in [1.807, 2.05) is 0 Å². The molecular weight excluding hydrogens is 232 g/mol. The van der Waals surface area contributed by atoms with E-state index >= 15 is 0 Å². The first-order valence-electron chi connectivity index (χ1n) is 7.75. The molecule has 2 atom stereocenters. The van der Waals surface area contributed by atoms with Crippen LogP contribution >= 0.6 is 0 Å². The molecule has 0 saturated carbocycles. The number of hydrogen-bond acceptors (Lipinski definition) is 2. The lowest BCUT2D eigenvalue weighted by atomic mass is 9.98. The monoisotopic (exact) mass is 260 g/mol. The average molecular weight is 260 g/mol. The van der Waals surface area contributed by atoms with Crippen LogP contribution in [0, 0.1) is 0 Å². The van der Waals surface area contributed by atoms with Crippen LogP contribution in [0.1, 0.15) is 57.9 Å². The second-order valence-electron chi connectivity index (χ2n) is 6.21. The van der Waals surface area contributed by atoms with Gasteiger partial charge in [0.2, 0.25) is 0 Å². The van der Waals surface area contributed by atoms with Crippen molar-refractivity contribution in [3.8, 4) is 0 Å². The Kier molecular flexibility index (Phi) is 5.26. The fourth-order valence-electron chi connectivity index (χ4n) is 2.88. The Morgan fingerprint density at radius 1 is 1.26 bits per heavy atom. The van der Waals surface area contributed by atoms with Crippen molar-refractivity contribution in [3.63, 3.8) is 0 Å². The maximum Gasteiger partial charge on any atom is 0.0345 e. The summed E-state index contributed by atoms with van der Waals surface area (Å²) in [6.45, 7) is 7.97. The molecule has 0 aliphatic carbocycles. The van der Waals surface area contributed by atoms with E-state index in [0.29, 0.717) is 18.0 Å². The van der Waals surface area contributed by atoms with Crippen molar-refractivity contribution >= 4 is 5.69 Å². The van der Waals surface area contributed by atoms with Crippen LogP contribution in [-0.4, -0.2) is 18.6 Å². The third kappa shape index (κ3) is 4.54. The second-order valence-corrected chi connectivity index (χ2v) is 6.21. The summed E-state index contributed by atoms with van der Waals surface area (Å²) in [6, 6.07) is 10.1. The van der Waals surface area contributed by atoms with Crippen molar-refractivity contribution in [2.24, 2.45) is 0 Å². The minimum Gasteiger partial charge on any atom is -0.383 e. The Morgan fingerprint density at radius 2 is 2.11 bits per heavy atom. The highest BCUT2D eigenvalue weighted by molar-refractivity contribution is 5.47. The smallest absolute Gasteiger partial charge is 0.0345 e. The molecule has 0 aromatic heterocycles. The maximum absolute atomic E-state index is 3.64. The summed E-state index contributed by atoms with van der Waals surface area (Å²) in [5, 5.41) is 7.27. The van der Waals surface area contributed by atoms with Crippen LogP contribution in [-0.2, 0) is 0 Å². The van der Waals surface area contributed by atoms with Gasteiger partial charge in [0.15, 0.2) is 0 Å². The molecule has 1 aliphatic rings. The van der Waals surface area contributed by atoms with Gasteiger partial charge in [0, 0.05) is 17.8 Å².